The maximum atomic E-state index is 11.9. The Morgan fingerprint density at radius 3 is 2.69 bits per heavy atom. The van der Waals surface area contributed by atoms with Gasteiger partial charge in [0.25, 0.3) is 0 Å². The Kier molecular flexibility index (Phi) is 6.26. The highest BCUT2D eigenvalue weighted by Gasteiger charge is 2.38. The van der Waals surface area contributed by atoms with E-state index >= 15 is 0 Å². The summed E-state index contributed by atoms with van der Waals surface area (Å²) in [5, 5.41) is 0.123. The summed E-state index contributed by atoms with van der Waals surface area (Å²) in [7, 11) is -0.906. The van der Waals surface area contributed by atoms with E-state index in [1.807, 2.05) is 6.07 Å². The Labute approximate surface area is 175 Å². The van der Waals surface area contributed by atoms with E-state index in [1.54, 1.807) is 0 Å². The van der Waals surface area contributed by atoms with Crippen molar-refractivity contribution in [1.29, 1.82) is 0 Å². The summed E-state index contributed by atoms with van der Waals surface area (Å²) in [4.78, 5) is 2.35. The first kappa shape index (κ1) is 21.2. The number of rotatable bonds is 2. The monoisotopic (exact) mass is 420 g/mol. The zero-order valence-electron chi connectivity index (χ0n) is 17.6. The van der Waals surface area contributed by atoms with Crippen molar-refractivity contribution in [3.8, 4) is 5.75 Å². The van der Waals surface area contributed by atoms with Crippen molar-refractivity contribution in [1.82, 2.24) is 9.62 Å². The fourth-order valence-electron chi connectivity index (χ4n) is 5.30. The van der Waals surface area contributed by atoms with Crippen LogP contribution in [0.15, 0.2) is 24.3 Å². The van der Waals surface area contributed by atoms with Crippen molar-refractivity contribution in [3.63, 3.8) is 0 Å². The summed E-state index contributed by atoms with van der Waals surface area (Å²) in [5.41, 5.74) is 1.31. The molecule has 6 nitrogen and oxygen atoms in total. The van der Waals surface area contributed by atoms with Crippen LogP contribution in [0.1, 0.15) is 44.1 Å². The first-order valence-electron chi connectivity index (χ1n) is 10.9. The van der Waals surface area contributed by atoms with Gasteiger partial charge in [-0.15, -0.1) is 0 Å². The molecule has 5 rings (SSSR count). The van der Waals surface area contributed by atoms with Crippen LogP contribution in [-0.4, -0.2) is 71.9 Å². The number of fused-ring (bicyclic) bond motifs is 5. The maximum Gasteiger partial charge on any atom is 0.209 e. The molecular weight excluding hydrogens is 387 g/mol. The lowest BCUT2D eigenvalue weighted by molar-refractivity contribution is -0.0301. The maximum absolute atomic E-state index is 11.9. The fraction of sp³-hybridized carbons (Fsp3) is 0.714. The van der Waals surface area contributed by atoms with E-state index in [1.165, 1.54) is 11.8 Å². The van der Waals surface area contributed by atoms with Gasteiger partial charge in [0.05, 0.1) is 19.0 Å². The number of piperidine rings is 1. The third-order valence-electron chi connectivity index (χ3n) is 6.97. The van der Waals surface area contributed by atoms with Crippen LogP contribution >= 0.6 is 0 Å². The Hall–Kier alpha value is -1.09. The molecule has 160 valence electrons. The van der Waals surface area contributed by atoms with Gasteiger partial charge in [0.1, 0.15) is 20.2 Å². The van der Waals surface area contributed by atoms with Crippen LogP contribution in [0.3, 0.4) is 0 Å². The van der Waals surface area contributed by atoms with Gasteiger partial charge < -0.3 is 9.47 Å². The van der Waals surface area contributed by atoms with Crippen molar-refractivity contribution < 1.29 is 17.9 Å². The van der Waals surface area contributed by atoms with Crippen LogP contribution in [-0.2, 0) is 20.1 Å². The quantitative estimate of drug-likeness (QED) is 0.730. The van der Waals surface area contributed by atoms with Crippen LogP contribution in [0.2, 0.25) is 0 Å². The number of para-hydroxylation sites is 1. The van der Waals surface area contributed by atoms with Gasteiger partial charge in [-0.05, 0) is 62.0 Å². The van der Waals surface area contributed by atoms with Crippen LogP contribution in [0.25, 0.3) is 0 Å². The number of hydrogen-bond donors (Lipinski definition) is 1. The number of nitrogens with one attached hydrogen (secondary N) is 1. The summed E-state index contributed by atoms with van der Waals surface area (Å²) in [6.07, 6.45) is 7.54. The molecule has 0 unspecified atom stereocenters. The van der Waals surface area contributed by atoms with E-state index in [0.29, 0.717) is 13.2 Å². The van der Waals surface area contributed by atoms with Gasteiger partial charge in [0.15, 0.2) is 0 Å². The number of nitrogens with zero attached hydrogens (tertiary/aromatic N) is 1. The van der Waals surface area contributed by atoms with Gasteiger partial charge in [-0.1, -0.05) is 18.2 Å². The lowest BCUT2D eigenvalue weighted by atomic mass is 9.56. The molecule has 2 bridgehead atoms. The molecule has 3 aliphatic heterocycles. The Morgan fingerprint density at radius 2 is 1.93 bits per heavy atom. The Bertz CT molecular complexity index is 811. The number of sulfonamides is 1. The molecule has 29 heavy (non-hydrogen) atoms. The normalized spacial score (nSPS) is 34.0. The average molecular weight is 420 g/mol. The van der Waals surface area contributed by atoms with Gasteiger partial charge >= 0.3 is 0 Å². The highest BCUT2D eigenvalue weighted by atomic mass is 32.2. The minimum atomic E-state index is -3.25. The van der Waals surface area contributed by atoms with Crippen molar-refractivity contribution in [3.05, 3.63) is 29.8 Å². The van der Waals surface area contributed by atoms with E-state index in [0.717, 1.165) is 57.4 Å². The summed E-state index contributed by atoms with van der Waals surface area (Å²) < 4.78 is 39.3. The zero-order valence-corrected chi connectivity index (χ0v) is 18.4. The molecule has 2 fully saturated rings. The largest absolute Gasteiger partial charge is 0.492 e. The molecule has 1 aromatic carbocycles. The van der Waals surface area contributed by atoms with Crippen molar-refractivity contribution >= 4 is 17.9 Å². The Morgan fingerprint density at radius 1 is 1.17 bits per heavy atom. The minimum Gasteiger partial charge on any atom is -0.492 e. The summed E-state index contributed by atoms with van der Waals surface area (Å²) >= 11 is 0. The molecule has 0 spiro atoms. The van der Waals surface area contributed by atoms with E-state index < -0.39 is 10.0 Å². The van der Waals surface area contributed by atoms with Crippen molar-refractivity contribution in [2.75, 3.05) is 32.6 Å². The highest BCUT2D eigenvalue weighted by molar-refractivity contribution is 7.88. The Balaban J connectivity index is 1.58. The van der Waals surface area contributed by atoms with Crippen LogP contribution in [0, 0.1) is 0 Å². The summed E-state index contributed by atoms with van der Waals surface area (Å²) in [5.74, 6) is 0.994. The lowest BCUT2D eigenvalue weighted by Crippen LogP contribution is -2.58. The number of hydrogen-bond acceptors (Lipinski definition) is 5. The van der Waals surface area contributed by atoms with E-state index in [9.17, 15) is 8.42 Å². The smallest absolute Gasteiger partial charge is 0.209 e. The molecule has 1 saturated heterocycles. The fourth-order valence-corrected chi connectivity index (χ4v) is 6.13. The van der Waals surface area contributed by atoms with E-state index in [4.69, 9.17) is 9.47 Å². The second-order valence-corrected chi connectivity index (χ2v) is 11.0. The minimum absolute atomic E-state index is 0.0476. The van der Waals surface area contributed by atoms with E-state index in [2.05, 4.69) is 35.7 Å². The highest BCUT2D eigenvalue weighted by Crippen LogP contribution is 2.42. The molecule has 1 N–H and O–H groups in total. The van der Waals surface area contributed by atoms with Gasteiger partial charge in [0.2, 0.25) is 10.0 Å². The average Bonchev–Trinajstić information content (AvgIpc) is 2.69. The summed E-state index contributed by atoms with van der Waals surface area (Å²) in [6.45, 7) is 2.88. The van der Waals surface area contributed by atoms with Gasteiger partial charge in [-0.3, -0.25) is 4.90 Å². The molecule has 8 heteroatoms. The lowest BCUT2D eigenvalue weighted by Gasteiger charge is -2.42. The third-order valence-corrected chi connectivity index (χ3v) is 7.70. The number of ether oxygens (including phenoxy) is 2. The molecule has 0 aromatic heterocycles. The van der Waals surface area contributed by atoms with Gasteiger partial charge in [-0.2, -0.15) is 0 Å². The molecule has 1 aliphatic carbocycles. The number of benzene rings is 1. The predicted octanol–water partition coefficient (Wildman–Crippen LogP) is 1.25. The van der Waals surface area contributed by atoms with Gasteiger partial charge in [0, 0.05) is 18.6 Å². The van der Waals surface area contributed by atoms with Crippen molar-refractivity contribution in [2.24, 2.45) is 0 Å². The second kappa shape index (κ2) is 8.57. The zero-order chi connectivity index (χ0) is 20.5. The molecule has 1 aromatic rings. The van der Waals surface area contributed by atoms with Crippen LogP contribution < -0.4 is 9.46 Å². The second-order valence-electron chi connectivity index (χ2n) is 9.18. The third kappa shape index (κ3) is 4.98. The van der Waals surface area contributed by atoms with Gasteiger partial charge in [-0.25, -0.2) is 13.1 Å². The molecule has 4 aliphatic rings. The molecule has 2 atom stereocenters. The molecule has 0 radical (unpaired) electrons. The first-order valence-corrected chi connectivity index (χ1v) is 12.8. The molecule has 0 amide bonds. The molecule has 3 heterocycles. The SMILES string of the molecule is B[C@]12CC[C@H](CC1)OC[C@H]1[C@@H](NS(C)(=O)=O)CCCN1CCOc1ccccc12. The standard InChI is InChI=1S/C21H33BN2O4S/c1-29(25,26)23-18-6-4-12-24-13-14-27-20-7-3-2-5-17(20)21(22)10-8-16(9-11-21)28-15-19(18)24/h2-3,5,7,16,18-19,23H,4,6,8-15,22H2,1H3/t16-,18-,19-,21-/m0/s1. The van der Waals surface area contributed by atoms with Crippen LogP contribution in [0.4, 0.5) is 0 Å². The van der Waals surface area contributed by atoms with Crippen molar-refractivity contribution in [2.45, 2.75) is 62.0 Å². The summed E-state index contributed by atoms with van der Waals surface area (Å²) in [6, 6.07) is 8.40. The first-order chi connectivity index (χ1) is 13.8. The van der Waals surface area contributed by atoms with E-state index in [-0.39, 0.29) is 23.5 Å². The molecule has 1 saturated carbocycles. The van der Waals surface area contributed by atoms with Crippen LogP contribution in [0.5, 0.6) is 5.75 Å². The predicted molar refractivity (Wildman–Crippen MR) is 117 cm³/mol. The topological polar surface area (TPSA) is 67.9 Å². The molecular formula is C21H33BN2O4S.